The number of carbonyl (C=O) groups excluding carboxylic acids is 2. The molecule has 0 radical (unpaired) electrons. The van der Waals surface area contributed by atoms with Gasteiger partial charge in [0.2, 0.25) is 5.91 Å². The van der Waals surface area contributed by atoms with Crippen molar-refractivity contribution in [3.8, 4) is 0 Å². The Morgan fingerprint density at radius 2 is 1.96 bits per heavy atom. The lowest BCUT2D eigenvalue weighted by Crippen LogP contribution is -2.49. The first-order valence-electron chi connectivity index (χ1n) is 7.44. The molecule has 0 bridgehead atoms. The second-order valence-electron chi connectivity index (χ2n) is 5.25. The Morgan fingerprint density at radius 3 is 2.52 bits per heavy atom. The number of carbonyl (C=O) groups is 2. The third kappa shape index (κ3) is 6.61. The molecule has 0 aliphatic rings. The summed E-state index contributed by atoms with van der Waals surface area (Å²) in [5.74, 6) is 0.219. The molecule has 0 saturated carbocycles. The summed E-state index contributed by atoms with van der Waals surface area (Å²) in [6, 6.07) is 4.14. The Balaban J connectivity index is 2.82. The number of nitrogens with one attached hydrogen (secondary N) is 2. The number of benzene rings is 1. The Kier molecular flexibility index (Phi) is 8.81. The van der Waals surface area contributed by atoms with Gasteiger partial charge in [-0.1, -0.05) is 30.1 Å². The van der Waals surface area contributed by atoms with Gasteiger partial charge in [0.05, 0.1) is 10.6 Å². The van der Waals surface area contributed by atoms with Gasteiger partial charge in [0.25, 0.3) is 5.91 Å². The summed E-state index contributed by atoms with van der Waals surface area (Å²) in [6.45, 7) is 3.93. The van der Waals surface area contributed by atoms with E-state index in [0.29, 0.717) is 17.0 Å². The highest BCUT2D eigenvalue weighted by atomic mass is 35.5. The molecule has 2 amide bonds. The number of halogens is 2. The van der Waals surface area contributed by atoms with Crippen molar-refractivity contribution in [2.24, 2.45) is 0 Å². The van der Waals surface area contributed by atoms with E-state index in [1.165, 1.54) is 6.07 Å². The van der Waals surface area contributed by atoms with Crippen molar-refractivity contribution < 1.29 is 9.59 Å². The Morgan fingerprint density at radius 1 is 1.26 bits per heavy atom. The van der Waals surface area contributed by atoms with Crippen LogP contribution in [0.4, 0.5) is 0 Å². The molecule has 0 aliphatic carbocycles. The molecule has 0 aromatic heterocycles. The first-order valence-corrected chi connectivity index (χ1v) is 9.59. The lowest BCUT2D eigenvalue weighted by molar-refractivity contribution is -0.123. The Labute approximate surface area is 151 Å². The quantitative estimate of drug-likeness (QED) is 0.725. The molecule has 2 atom stereocenters. The topological polar surface area (TPSA) is 58.2 Å². The molecule has 0 saturated heterocycles. The van der Waals surface area contributed by atoms with Crippen LogP contribution in [-0.2, 0) is 4.79 Å². The van der Waals surface area contributed by atoms with E-state index in [-0.39, 0.29) is 22.9 Å². The summed E-state index contributed by atoms with van der Waals surface area (Å²) in [7, 11) is 0. The summed E-state index contributed by atoms with van der Waals surface area (Å²) < 4.78 is 0. The molecule has 1 aromatic rings. The molecule has 0 aliphatic heterocycles. The van der Waals surface area contributed by atoms with E-state index in [1.807, 2.05) is 20.1 Å². The molecular weight excluding hydrogens is 355 g/mol. The SMILES string of the molecule is CCC(C)NC(=O)C(CCSC)NC(=O)c1ccc(Cl)cc1Cl. The molecule has 7 heteroatoms. The molecule has 0 heterocycles. The maximum atomic E-state index is 12.4. The van der Waals surface area contributed by atoms with Gasteiger partial charge in [-0.2, -0.15) is 11.8 Å². The number of rotatable bonds is 8. The van der Waals surface area contributed by atoms with Gasteiger partial charge in [-0.05, 0) is 50.0 Å². The van der Waals surface area contributed by atoms with E-state index < -0.39 is 6.04 Å². The van der Waals surface area contributed by atoms with Gasteiger partial charge in [0.15, 0.2) is 0 Å². The second-order valence-corrected chi connectivity index (χ2v) is 7.08. The molecule has 0 fully saturated rings. The van der Waals surface area contributed by atoms with Crippen LogP contribution in [0.25, 0.3) is 0 Å². The normalized spacial score (nSPS) is 13.3. The zero-order valence-electron chi connectivity index (χ0n) is 13.5. The van der Waals surface area contributed by atoms with Gasteiger partial charge in [-0.25, -0.2) is 0 Å². The van der Waals surface area contributed by atoms with E-state index in [1.54, 1.807) is 23.9 Å². The van der Waals surface area contributed by atoms with Crippen LogP contribution in [0.3, 0.4) is 0 Å². The summed E-state index contributed by atoms with van der Waals surface area (Å²) >= 11 is 13.5. The Hall–Kier alpha value is -0.910. The van der Waals surface area contributed by atoms with E-state index >= 15 is 0 Å². The van der Waals surface area contributed by atoms with Crippen molar-refractivity contribution in [1.82, 2.24) is 10.6 Å². The molecule has 2 N–H and O–H groups in total. The highest BCUT2D eigenvalue weighted by Crippen LogP contribution is 2.21. The lowest BCUT2D eigenvalue weighted by atomic mass is 10.1. The summed E-state index contributed by atoms with van der Waals surface area (Å²) in [5.41, 5.74) is 0.307. The van der Waals surface area contributed by atoms with Crippen LogP contribution < -0.4 is 10.6 Å². The van der Waals surface area contributed by atoms with Crippen LogP contribution in [0.5, 0.6) is 0 Å². The largest absolute Gasteiger partial charge is 0.352 e. The minimum Gasteiger partial charge on any atom is -0.352 e. The molecule has 2 unspecified atom stereocenters. The first-order chi connectivity index (χ1) is 10.9. The van der Waals surface area contributed by atoms with Crippen molar-refractivity contribution in [3.05, 3.63) is 33.8 Å². The van der Waals surface area contributed by atoms with Crippen LogP contribution in [0.2, 0.25) is 10.0 Å². The zero-order chi connectivity index (χ0) is 17.4. The summed E-state index contributed by atoms with van der Waals surface area (Å²) in [4.78, 5) is 24.7. The van der Waals surface area contributed by atoms with E-state index in [2.05, 4.69) is 10.6 Å². The van der Waals surface area contributed by atoms with Crippen molar-refractivity contribution in [1.29, 1.82) is 0 Å². The van der Waals surface area contributed by atoms with Crippen molar-refractivity contribution in [3.63, 3.8) is 0 Å². The predicted octanol–water partition coefficient (Wildman–Crippen LogP) is 3.76. The zero-order valence-corrected chi connectivity index (χ0v) is 15.8. The minimum absolute atomic E-state index is 0.0651. The Bertz CT molecular complexity index is 555. The maximum absolute atomic E-state index is 12.4. The first kappa shape index (κ1) is 20.1. The van der Waals surface area contributed by atoms with Crippen LogP contribution in [-0.4, -0.2) is 35.9 Å². The number of amides is 2. The second kappa shape index (κ2) is 10.1. The van der Waals surface area contributed by atoms with Crippen molar-refractivity contribution >= 4 is 46.8 Å². The third-order valence-electron chi connectivity index (χ3n) is 3.41. The fourth-order valence-electron chi connectivity index (χ4n) is 1.86. The van der Waals surface area contributed by atoms with Crippen LogP contribution in [0.15, 0.2) is 18.2 Å². The van der Waals surface area contributed by atoms with Crippen molar-refractivity contribution in [2.45, 2.75) is 38.8 Å². The molecule has 23 heavy (non-hydrogen) atoms. The minimum atomic E-state index is -0.587. The molecule has 0 spiro atoms. The van der Waals surface area contributed by atoms with Crippen molar-refractivity contribution in [2.75, 3.05) is 12.0 Å². The summed E-state index contributed by atoms with van der Waals surface area (Å²) in [6.07, 6.45) is 3.35. The van der Waals surface area contributed by atoms with Gasteiger partial charge in [-0.15, -0.1) is 0 Å². The van der Waals surface area contributed by atoms with Crippen LogP contribution in [0, 0.1) is 0 Å². The molecular formula is C16H22Cl2N2O2S. The average Bonchev–Trinajstić information content (AvgIpc) is 2.50. The lowest BCUT2D eigenvalue weighted by Gasteiger charge is -2.21. The summed E-state index contributed by atoms with van der Waals surface area (Å²) in [5, 5.41) is 6.39. The molecule has 128 valence electrons. The van der Waals surface area contributed by atoms with E-state index in [0.717, 1.165) is 12.2 Å². The molecule has 1 aromatic carbocycles. The van der Waals surface area contributed by atoms with Gasteiger partial charge in [0.1, 0.15) is 6.04 Å². The standard InChI is InChI=1S/C16H22Cl2N2O2S/c1-4-10(2)19-16(22)14(7-8-23-3)20-15(21)12-6-5-11(17)9-13(12)18/h5-6,9-10,14H,4,7-8H2,1-3H3,(H,19,22)(H,20,21). The van der Waals surface area contributed by atoms with Gasteiger partial charge in [-0.3, -0.25) is 9.59 Å². The maximum Gasteiger partial charge on any atom is 0.253 e. The van der Waals surface area contributed by atoms with Crippen LogP contribution in [0.1, 0.15) is 37.0 Å². The monoisotopic (exact) mass is 376 g/mol. The van der Waals surface area contributed by atoms with Gasteiger partial charge in [0, 0.05) is 11.1 Å². The van der Waals surface area contributed by atoms with Gasteiger partial charge >= 0.3 is 0 Å². The third-order valence-corrected chi connectivity index (χ3v) is 4.60. The van der Waals surface area contributed by atoms with E-state index in [4.69, 9.17) is 23.2 Å². The number of thioether (sulfide) groups is 1. The fourth-order valence-corrected chi connectivity index (χ4v) is 2.83. The average molecular weight is 377 g/mol. The smallest absolute Gasteiger partial charge is 0.253 e. The number of hydrogen-bond donors (Lipinski definition) is 2. The fraction of sp³-hybridized carbons (Fsp3) is 0.500. The number of hydrogen-bond acceptors (Lipinski definition) is 3. The highest BCUT2D eigenvalue weighted by Gasteiger charge is 2.23. The predicted molar refractivity (Wildman–Crippen MR) is 98.6 cm³/mol. The molecule has 4 nitrogen and oxygen atoms in total. The highest BCUT2D eigenvalue weighted by molar-refractivity contribution is 7.98. The van der Waals surface area contributed by atoms with Crippen LogP contribution >= 0.6 is 35.0 Å². The van der Waals surface area contributed by atoms with E-state index in [9.17, 15) is 9.59 Å². The molecule has 1 rings (SSSR count). The van der Waals surface area contributed by atoms with Gasteiger partial charge < -0.3 is 10.6 Å².